The van der Waals surface area contributed by atoms with Crippen LogP contribution in [0.3, 0.4) is 0 Å². The molecule has 0 aromatic heterocycles. The van der Waals surface area contributed by atoms with Gasteiger partial charge in [0.2, 0.25) is 11.6 Å². The minimum atomic E-state index is -8.48. The van der Waals surface area contributed by atoms with Gasteiger partial charge in [-0.05, 0) is 6.92 Å². The molecule has 0 amide bonds. The Balaban J connectivity index is 4.05. The van der Waals surface area contributed by atoms with Crippen molar-refractivity contribution in [2.45, 2.75) is 42.7 Å². The predicted molar refractivity (Wildman–Crippen MR) is 76.5 cm³/mol. The summed E-state index contributed by atoms with van der Waals surface area (Å²) in [5, 5.41) is 0. The summed E-state index contributed by atoms with van der Waals surface area (Å²) in [7, 11) is 0. The Morgan fingerprint density at radius 1 is 0.629 bits per heavy atom. The first-order valence-electron chi connectivity index (χ1n) is 7.93. The van der Waals surface area contributed by atoms with Gasteiger partial charge in [0.1, 0.15) is 5.56 Å². The van der Waals surface area contributed by atoms with Crippen LogP contribution in [0.1, 0.15) is 12.5 Å². The second-order valence-corrected chi connectivity index (χ2v) is 6.50. The van der Waals surface area contributed by atoms with Crippen molar-refractivity contribution in [2.75, 3.05) is 0 Å². The van der Waals surface area contributed by atoms with Gasteiger partial charge in [-0.2, -0.15) is 61.5 Å². The Morgan fingerprint density at radius 3 is 1.37 bits per heavy atom. The van der Waals surface area contributed by atoms with Crippen molar-refractivity contribution in [3.05, 3.63) is 41.0 Å². The molecule has 0 saturated carbocycles. The second kappa shape index (κ2) is 8.42. The van der Waals surface area contributed by atoms with E-state index in [0.29, 0.717) is 6.92 Å². The number of hydrogen-bond acceptors (Lipinski definition) is 2. The zero-order valence-electron chi connectivity index (χ0n) is 15.9. The third kappa shape index (κ3) is 4.15. The molecule has 200 valence electrons. The van der Waals surface area contributed by atoms with E-state index in [-0.39, 0.29) is 0 Å². The van der Waals surface area contributed by atoms with Crippen LogP contribution in [-0.4, -0.2) is 35.8 Å². The SMILES string of the molecule is C=C(C)C(=O)Oc1c(F)c(F)c(F)c(F)c1C(F)(F)C(F)(F)C(F)(F)C(F)(F)C(F)(F)C(F)(F)F. The molecule has 1 aromatic rings. The summed E-state index contributed by atoms with van der Waals surface area (Å²) in [4.78, 5) is 11.3. The summed E-state index contributed by atoms with van der Waals surface area (Å²) < 4.78 is 231. The normalized spacial score (nSPS) is 14.2. The van der Waals surface area contributed by atoms with E-state index in [0.717, 1.165) is 0 Å². The number of esters is 1. The Bertz CT molecular complexity index is 1040. The molecule has 0 spiro atoms. The number of carbonyl (C=O) groups excluding carboxylic acids is 1. The molecule has 0 N–H and O–H groups in total. The molecule has 0 aliphatic rings. The average molecular weight is 552 g/mol. The Hall–Kier alpha value is -2.76. The van der Waals surface area contributed by atoms with Gasteiger partial charge in [-0.1, -0.05) is 6.58 Å². The maximum Gasteiger partial charge on any atom is 0.460 e. The number of rotatable bonds is 7. The van der Waals surface area contributed by atoms with E-state index >= 15 is 0 Å². The lowest BCUT2D eigenvalue weighted by molar-refractivity contribution is -0.441. The van der Waals surface area contributed by atoms with Crippen molar-refractivity contribution in [1.82, 2.24) is 0 Å². The molecule has 0 fully saturated rings. The van der Waals surface area contributed by atoms with E-state index < -0.39 is 81.9 Å². The molecule has 0 aliphatic carbocycles. The van der Waals surface area contributed by atoms with Crippen LogP contribution in [0.4, 0.5) is 74.6 Å². The predicted octanol–water partition coefficient (Wildman–Crippen LogP) is 6.92. The lowest BCUT2D eigenvalue weighted by atomic mass is 9.89. The highest BCUT2D eigenvalue weighted by molar-refractivity contribution is 5.89. The molecule has 19 heteroatoms. The van der Waals surface area contributed by atoms with E-state index in [4.69, 9.17) is 0 Å². The van der Waals surface area contributed by atoms with Gasteiger partial charge in [0.05, 0.1) is 0 Å². The minimum absolute atomic E-state index is 0.580. The second-order valence-electron chi connectivity index (χ2n) is 6.50. The highest BCUT2D eigenvalue weighted by Gasteiger charge is 2.91. The van der Waals surface area contributed by atoms with Gasteiger partial charge in [-0.15, -0.1) is 0 Å². The lowest BCUT2D eigenvalue weighted by Gasteiger charge is -2.40. The topological polar surface area (TPSA) is 26.3 Å². The van der Waals surface area contributed by atoms with Gasteiger partial charge < -0.3 is 4.74 Å². The van der Waals surface area contributed by atoms with E-state index in [1.807, 2.05) is 0 Å². The molecule has 0 unspecified atom stereocenters. The third-order valence-electron chi connectivity index (χ3n) is 4.01. The summed E-state index contributed by atoms with van der Waals surface area (Å²) in [5.41, 5.74) is -4.96. The van der Waals surface area contributed by atoms with E-state index in [1.165, 1.54) is 0 Å². The quantitative estimate of drug-likeness (QED) is 0.0918. The monoisotopic (exact) mass is 552 g/mol. The molecule has 35 heavy (non-hydrogen) atoms. The van der Waals surface area contributed by atoms with Crippen LogP contribution in [0, 0.1) is 23.3 Å². The van der Waals surface area contributed by atoms with Crippen LogP contribution in [0.5, 0.6) is 5.75 Å². The van der Waals surface area contributed by atoms with Gasteiger partial charge >= 0.3 is 41.8 Å². The molecular weight excluding hydrogens is 547 g/mol. The van der Waals surface area contributed by atoms with Crippen LogP contribution < -0.4 is 4.74 Å². The van der Waals surface area contributed by atoms with Gasteiger partial charge in [0.15, 0.2) is 17.4 Å². The average Bonchev–Trinajstić information content (AvgIpc) is 2.68. The van der Waals surface area contributed by atoms with Gasteiger partial charge in [0, 0.05) is 5.57 Å². The largest absolute Gasteiger partial charge is 0.460 e. The first-order valence-corrected chi connectivity index (χ1v) is 7.93. The molecule has 0 radical (unpaired) electrons. The zero-order valence-corrected chi connectivity index (χ0v) is 15.9. The van der Waals surface area contributed by atoms with Crippen LogP contribution in [0.2, 0.25) is 0 Å². The molecular formula is C16H5F17O2. The maximum absolute atomic E-state index is 14.3. The Morgan fingerprint density at radius 2 is 1.00 bits per heavy atom. The molecule has 0 aliphatic heterocycles. The summed E-state index contributed by atoms with van der Waals surface area (Å²) in [6.07, 6.45) is -7.76. The first-order chi connectivity index (χ1) is 15.2. The highest BCUT2D eigenvalue weighted by atomic mass is 19.4. The van der Waals surface area contributed by atoms with Gasteiger partial charge in [0.25, 0.3) is 0 Å². The van der Waals surface area contributed by atoms with Crippen LogP contribution in [0.25, 0.3) is 0 Å². The number of carbonyl (C=O) groups is 1. The van der Waals surface area contributed by atoms with E-state index in [2.05, 4.69) is 11.3 Å². The fraction of sp³-hybridized carbons (Fsp3) is 0.438. The maximum atomic E-state index is 14.3. The zero-order chi connectivity index (χ0) is 28.3. The van der Waals surface area contributed by atoms with Crippen molar-refractivity contribution in [3.8, 4) is 5.75 Å². The summed E-state index contributed by atoms with van der Waals surface area (Å²) in [6.45, 7) is 3.28. The molecule has 0 saturated heterocycles. The summed E-state index contributed by atoms with van der Waals surface area (Å²) in [5.74, 6) is -60.1. The van der Waals surface area contributed by atoms with Gasteiger partial charge in [-0.25, -0.2) is 18.0 Å². The first kappa shape index (κ1) is 30.3. The van der Waals surface area contributed by atoms with Crippen molar-refractivity contribution in [3.63, 3.8) is 0 Å². The van der Waals surface area contributed by atoms with Crippen LogP contribution in [-0.2, 0) is 10.7 Å². The van der Waals surface area contributed by atoms with Crippen molar-refractivity contribution in [1.29, 1.82) is 0 Å². The minimum Gasteiger partial charge on any atom is -0.419 e. The summed E-state index contributed by atoms with van der Waals surface area (Å²) in [6, 6.07) is 0. The van der Waals surface area contributed by atoms with Crippen molar-refractivity contribution >= 4 is 5.97 Å². The molecule has 0 heterocycles. The van der Waals surface area contributed by atoms with Gasteiger partial charge in [-0.3, -0.25) is 0 Å². The molecule has 0 atom stereocenters. The van der Waals surface area contributed by atoms with Crippen LogP contribution in [0.15, 0.2) is 12.2 Å². The number of alkyl halides is 13. The highest BCUT2D eigenvalue weighted by Crippen LogP contribution is 2.63. The molecule has 1 aromatic carbocycles. The lowest BCUT2D eigenvalue weighted by Crippen LogP contribution is -2.69. The molecule has 2 nitrogen and oxygen atoms in total. The Labute approximate surface area is 180 Å². The Kier molecular flexibility index (Phi) is 7.28. The van der Waals surface area contributed by atoms with E-state index in [9.17, 15) is 79.4 Å². The number of benzene rings is 1. The number of ether oxygens (including phenoxy) is 1. The third-order valence-corrected chi connectivity index (χ3v) is 4.01. The molecule has 0 bridgehead atoms. The fourth-order valence-corrected chi connectivity index (χ4v) is 2.09. The molecule has 1 rings (SSSR count). The number of hydrogen-bond donors (Lipinski definition) is 0. The smallest absolute Gasteiger partial charge is 0.419 e. The number of halogens is 17. The van der Waals surface area contributed by atoms with E-state index in [1.54, 1.807) is 0 Å². The fourth-order valence-electron chi connectivity index (χ4n) is 2.09. The van der Waals surface area contributed by atoms with Crippen molar-refractivity contribution in [2.24, 2.45) is 0 Å². The summed E-state index contributed by atoms with van der Waals surface area (Å²) >= 11 is 0. The van der Waals surface area contributed by atoms with Crippen LogP contribution >= 0.6 is 0 Å². The standard InChI is InChI=1S/C16H5F17O2/c1-3(2)10(34)35-9-4(5(17)6(18)7(19)8(9)20)11(21,22)12(23,24)13(25,26)14(27,28)15(29,30)16(31,32)33/h1H2,2H3. The van der Waals surface area contributed by atoms with Crippen molar-refractivity contribution < 1.29 is 84.2 Å².